The van der Waals surface area contributed by atoms with E-state index in [-0.39, 0.29) is 0 Å². The Labute approximate surface area is 86.9 Å². The molecular formula is C10H24N2O2. The van der Waals surface area contributed by atoms with Crippen molar-refractivity contribution in [1.82, 2.24) is 0 Å². The Hall–Kier alpha value is -0.160. The van der Waals surface area contributed by atoms with Gasteiger partial charge < -0.3 is 15.2 Å². The summed E-state index contributed by atoms with van der Waals surface area (Å²) in [6.45, 7) is 5.72. The molecule has 0 heterocycles. The third-order valence-electron chi connectivity index (χ3n) is 2.01. The lowest BCUT2D eigenvalue weighted by Gasteiger charge is -2.28. The number of hydrogen-bond acceptors (Lipinski definition) is 4. The molecular weight excluding hydrogens is 180 g/mol. The predicted molar refractivity (Wildman–Crippen MR) is 57.7 cm³/mol. The van der Waals surface area contributed by atoms with Gasteiger partial charge in [0.1, 0.15) is 0 Å². The van der Waals surface area contributed by atoms with Gasteiger partial charge in [0.15, 0.2) is 0 Å². The zero-order chi connectivity index (χ0) is 10.9. The van der Waals surface area contributed by atoms with Crippen LogP contribution in [0.5, 0.6) is 0 Å². The van der Waals surface area contributed by atoms with Crippen LogP contribution in [0, 0.1) is 0 Å². The zero-order valence-corrected chi connectivity index (χ0v) is 9.42. The fraction of sp³-hybridized carbons (Fsp3) is 1.00. The lowest BCUT2D eigenvalue weighted by molar-refractivity contribution is -0.233. The van der Waals surface area contributed by atoms with Crippen molar-refractivity contribution in [1.29, 1.82) is 0 Å². The Balaban J connectivity index is 3.71. The number of hydrogen-bond donors (Lipinski definition) is 2. The topological polar surface area (TPSA) is 70.5 Å². The second-order valence-corrected chi connectivity index (χ2v) is 3.28. The zero-order valence-electron chi connectivity index (χ0n) is 9.42. The molecule has 0 saturated heterocycles. The second-order valence-electron chi connectivity index (χ2n) is 3.28. The van der Waals surface area contributed by atoms with Crippen molar-refractivity contribution in [2.75, 3.05) is 19.8 Å². The van der Waals surface area contributed by atoms with Crippen LogP contribution in [0.2, 0.25) is 0 Å². The van der Waals surface area contributed by atoms with Gasteiger partial charge in [0.2, 0.25) is 5.91 Å². The molecule has 4 heteroatoms. The molecule has 4 N–H and O–H groups in total. The molecule has 4 nitrogen and oxygen atoms in total. The minimum atomic E-state index is -0.891. The monoisotopic (exact) mass is 204 g/mol. The Morgan fingerprint density at radius 1 is 1.00 bits per heavy atom. The van der Waals surface area contributed by atoms with E-state index in [0.717, 1.165) is 32.2 Å². The standard InChI is InChI=1S/C10H24N2O2/c1-3-13-10(12,14-4-2)8-6-5-7-9-11/h3-9,11-12H2,1-2H3. The first-order valence-corrected chi connectivity index (χ1v) is 5.45. The van der Waals surface area contributed by atoms with Crippen LogP contribution in [-0.2, 0) is 9.47 Å². The van der Waals surface area contributed by atoms with Gasteiger partial charge in [-0.3, -0.25) is 5.73 Å². The lowest BCUT2D eigenvalue weighted by atomic mass is 10.1. The van der Waals surface area contributed by atoms with Crippen LogP contribution in [0.15, 0.2) is 0 Å². The largest absolute Gasteiger partial charge is 0.338 e. The summed E-state index contributed by atoms with van der Waals surface area (Å²) >= 11 is 0. The molecule has 0 bridgehead atoms. The summed E-state index contributed by atoms with van der Waals surface area (Å²) in [6, 6.07) is 0. The van der Waals surface area contributed by atoms with Gasteiger partial charge in [-0.05, 0) is 33.2 Å². The van der Waals surface area contributed by atoms with E-state index in [9.17, 15) is 0 Å². The fourth-order valence-corrected chi connectivity index (χ4v) is 1.37. The Morgan fingerprint density at radius 3 is 2.00 bits per heavy atom. The van der Waals surface area contributed by atoms with Crippen LogP contribution >= 0.6 is 0 Å². The van der Waals surface area contributed by atoms with Gasteiger partial charge >= 0.3 is 0 Å². The summed E-state index contributed by atoms with van der Waals surface area (Å²) in [5, 5.41) is 0. The van der Waals surface area contributed by atoms with Crippen molar-refractivity contribution in [2.24, 2.45) is 11.5 Å². The first-order valence-electron chi connectivity index (χ1n) is 5.45. The molecule has 0 aliphatic carbocycles. The van der Waals surface area contributed by atoms with E-state index in [2.05, 4.69) is 0 Å². The van der Waals surface area contributed by atoms with Gasteiger partial charge in [0.05, 0.1) is 0 Å². The molecule has 0 unspecified atom stereocenters. The molecule has 0 aliphatic rings. The molecule has 0 amide bonds. The van der Waals surface area contributed by atoms with Crippen LogP contribution in [0.3, 0.4) is 0 Å². The molecule has 0 aromatic carbocycles. The second kappa shape index (κ2) is 8.17. The van der Waals surface area contributed by atoms with Crippen molar-refractivity contribution in [2.45, 2.75) is 45.4 Å². The Kier molecular flexibility index (Phi) is 8.08. The third-order valence-corrected chi connectivity index (χ3v) is 2.01. The number of unbranched alkanes of at least 4 members (excludes halogenated alkanes) is 2. The number of ether oxygens (including phenoxy) is 2. The smallest absolute Gasteiger partial charge is 0.224 e. The molecule has 0 rings (SSSR count). The van der Waals surface area contributed by atoms with Crippen molar-refractivity contribution in [3.8, 4) is 0 Å². The van der Waals surface area contributed by atoms with Gasteiger partial charge in [-0.15, -0.1) is 0 Å². The van der Waals surface area contributed by atoms with Crippen molar-refractivity contribution in [3.05, 3.63) is 0 Å². The molecule has 0 radical (unpaired) electrons. The number of rotatable bonds is 9. The summed E-state index contributed by atoms with van der Waals surface area (Å²) in [5.41, 5.74) is 11.3. The molecule has 0 aliphatic heterocycles. The molecule has 86 valence electrons. The average Bonchev–Trinajstić information content (AvgIpc) is 2.13. The van der Waals surface area contributed by atoms with E-state index in [1.165, 1.54) is 0 Å². The fourth-order valence-electron chi connectivity index (χ4n) is 1.37. The highest BCUT2D eigenvalue weighted by atomic mass is 16.7. The summed E-state index contributed by atoms with van der Waals surface area (Å²) in [5.74, 6) is -0.891. The summed E-state index contributed by atoms with van der Waals surface area (Å²) < 4.78 is 10.7. The van der Waals surface area contributed by atoms with Crippen molar-refractivity contribution in [3.63, 3.8) is 0 Å². The van der Waals surface area contributed by atoms with Gasteiger partial charge in [-0.2, -0.15) is 0 Å². The van der Waals surface area contributed by atoms with E-state index >= 15 is 0 Å². The molecule has 0 aromatic rings. The molecule has 0 fully saturated rings. The minimum absolute atomic E-state index is 0.577. The van der Waals surface area contributed by atoms with Crippen LogP contribution in [0.25, 0.3) is 0 Å². The Morgan fingerprint density at radius 2 is 1.57 bits per heavy atom. The SMILES string of the molecule is CCOC(N)(CCCCCN)OCC. The maximum absolute atomic E-state index is 5.93. The summed E-state index contributed by atoms with van der Waals surface area (Å²) in [4.78, 5) is 0. The van der Waals surface area contributed by atoms with Gasteiger partial charge in [-0.1, -0.05) is 6.42 Å². The van der Waals surface area contributed by atoms with Crippen LogP contribution in [0.4, 0.5) is 0 Å². The number of nitrogens with two attached hydrogens (primary N) is 2. The summed E-state index contributed by atoms with van der Waals surface area (Å²) in [7, 11) is 0. The third kappa shape index (κ3) is 6.32. The predicted octanol–water partition coefficient (Wildman–Crippen LogP) is 1.19. The van der Waals surface area contributed by atoms with Gasteiger partial charge in [-0.25, -0.2) is 0 Å². The van der Waals surface area contributed by atoms with Crippen molar-refractivity contribution >= 4 is 0 Å². The molecule has 14 heavy (non-hydrogen) atoms. The Bertz CT molecular complexity index is 125. The van der Waals surface area contributed by atoms with Crippen LogP contribution in [0.1, 0.15) is 39.5 Å². The molecule has 0 spiro atoms. The molecule has 0 aromatic heterocycles. The average molecular weight is 204 g/mol. The molecule has 0 atom stereocenters. The quantitative estimate of drug-likeness (QED) is 0.437. The molecule has 0 saturated carbocycles. The van der Waals surface area contributed by atoms with Gasteiger partial charge in [0.25, 0.3) is 0 Å². The van der Waals surface area contributed by atoms with E-state index in [4.69, 9.17) is 20.9 Å². The lowest BCUT2D eigenvalue weighted by Crippen LogP contribution is -2.45. The summed E-state index contributed by atoms with van der Waals surface area (Å²) in [6.07, 6.45) is 3.84. The maximum Gasteiger partial charge on any atom is 0.224 e. The first kappa shape index (κ1) is 13.8. The normalized spacial score (nSPS) is 12.0. The highest BCUT2D eigenvalue weighted by Crippen LogP contribution is 2.15. The van der Waals surface area contributed by atoms with E-state index < -0.39 is 5.91 Å². The maximum atomic E-state index is 5.93. The van der Waals surface area contributed by atoms with Crippen LogP contribution < -0.4 is 11.5 Å². The van der Waals surface area contributed by atoms with E-state index in [1.807, 2.05) is 13.8 Å². The van der Waals surface area contributed by atoms with Crippen molar-refractivity contribution < 1.29 is 9.47 Å². The van der Waals surface area contributed by atoms with Crippen LogP contribution in [-0.4, -0.2) is 25.7 Å². The van der Waals surface area contributed by atoms with E-state index in [1.54, 1.807) is 0 Å². The van der Waals surface area contributed by atoms with Gasteiger partial charge in [0, 0.05) is 19.6 Å². The highest BCUT2D eigenvalue weighted by Gasteiger charge is 2.24. The first-order chi connectivity index (χ1) is 6.68. The minimum Gasteiger partial charge on any atom is -0.338 e. The van der Waals surface area contributed by atoms with E-state index in [0.29, 0.717) is 13.2 Å². The highest BCUT2D eigenvalue weighted by molar-refractivity contribution is 4.61.